The summed E-state index contributed by atoms with van der Waals surface area (Å²) in [6, 6.07) is 0.690. The zero-order chi connectivity index (χ0) is 33.7. The van der Waals surface area contributed by atoms with E-state index in [0.29, 0.717) is 18.5 Å². The van der Waals surface area contributed by atoms with Gasteiger partial charge in [0.05, 0.1) is 30.8 Å². The standard InChI is InChI=1S/C40H63N3O5/c1-4-32-26-36-28-35-14-12-13-34(46-35)25-30(2)16-17-31(3)38(48-39(44)29-37(27-32)47-36)15-8-5-6-9-20-41-40(45)43-23-18-33(19-24-43)42-21-10-7-11-22-42/h4-6,8,15-17,30-31,33-38H,7,9-14,18-29H2,1-3H3,(H,41,45). The fraction of sp³-hybridized carbons (Fsp3) is 0.750. The minimum Gasteiger partial charge on any atom is -0.457 e. The first-order chi connectivity index (χ1) is 23.4. The van der Waals surface area contributed by atoms with Crippen LogP contribution >= 0.6 is 0 Å². The minimum absolute atomic E-state index is 0.0263. The molecule has 48 heavy (non-hydrogen) atoms. The Hall–Kier alpha value is -2.42. The quantitative estimate of drug-likeness (QED) is 0.137. The van der Waals surface area contributed by atoms with Gasteiger partial charge in [0.15, 0.2) is 0 Å². The topological polar surface area (TPSA) is 80.3 Å². The lowest BCUT2D eigenvalue weighted by molar-refractivity contribution is -0.154. The summed E-state index contributed by atoms with van der Waals surface area (Å²) in [5.41, 5.74) is 1.36. The molecular formula is C40H63N3O5. The van der Waals surface area contributed by atoms with Crippen LogP contribution in [0.15, 0.2) is 48.1 Å². The lowest BCUT2D eigenvalue weighted by atomic mass is 9.90. The zero-order valence-electron chi connectivity index (χ0n) is 30.0. The van der Waals surface area contributed by atoms with Crippen molar-refractivity contribution in [3.8, 4) is 0 Å². The highest BCUT2D eigenvalue weighted by Gasteiger charge is 2.33. The van der Waals surface area contributed by atoms with E-state index < -0.39 is 0 Å². The number of piperidine rings is 2. The monoisotopic (exact) mass is 665 g/mol. The molecule has 7 atom stereocenters. The van der Waals surface area contributed by atoms with Crippen LogP contribution in [-0.4, -0.2) is 91.1 Å². The molecule has 268 valence electrons. The van der Waals surface area contributed by atoms with Crippen LogP contribution in [-0.2, 0) is 19.0 Å². The van der Waals surface area contributed by atoms with Gasteiger partial charge in [-0.1, -0.05) is 62.3 Å². The number of nitrogens with one attached hydrogen (secondary N) is 1. The van der Waals surface area contributed by atoms with Gasteiger partial charge >= 0.3 is 12.0 Å². The van der Waals surface area contributed by atoms with E-state index in [1.807, 2.05) is 23.1 Å². The summed E-state index contributed by atoms with van der Waals surface area (Å²) < 4.78 is 19.2. The van der Waals surface area contributed by atoms with Gasteiger partial charge in [-0.2, -0.15) is 0 Å². The number of allylic oxidation sites excluding steroid dienone is 4. The molecule has 0 spiro atoms. The average Bonchev–Trinajstić information content (AvgIpc) is 3.09. The second-order valence-electron chi connectivity index (χ2n) is 15.0. The molecule has 5 aliphatic rings. The fourth-order valence-electron chi connectivity index (χ4n) is 8.27. The Bertz CT molecular complexity index is 1140. The van der Waals surface area contributed by atoms with Crippen molar-refractivity contribution in [2.45, 2.75) is 147 Å². The number of hydrogen-bond donors (Lipinski definition) is 1. The van der Waals surface area contributed by atoms with Crippen molar-refractivity contribution in [2.75, 3.05) is 32.7 Å². The highest BCUT2D eigenvalue weighted by atomic mass is 16.5. The summed E-state index contributed by atoms with van der Waals surface area (Å²) in [5.74, 6) is 0.190. The van der Waals surface area contributed by atoms with Crippen LogP contribution in [0.25, 0.3) is 0 Å². The normalized spacial score (nSPS) is 34.5. The number of nitrogens with zero attached hydrogens (tertiary/aromatic N) is 2. The third kappa shape index (κ3) is 11.6. The molecule has 5 heterocycles. The number of carbonyl (C=O) groups is 2. The predicted molar refractivity (Wildman–Crippen MR) is 192 cm³/mol. The van der Waals surface area contributed by atoms with Crippen LogP contribution in [0.2, 0.25) is 0 Å². The van der Waals surface area contributed by atoms with Gasteiger partial charge in [-0.25, -0.2) is 4.79 Å². The van der Waals surface area contributed by atoms with Gasteiger partial charge in [0.2, 0.25) is 0 Å². The Balaban J connectivity index is 1.11. The van der Waals surface area contributed by atoms with Gasteiger partial charge in [0.1, 0.15) is 6.10 Å². The van der Waals surface area contributed by atoms with Crippen LogP contribution in [0.4, 0.5) is 4.79 Å². The van der Waals surface area contributed by atoms with Crippen molar-refractivity contribution >= 4 is 12.0 Å². The number of carbonyl (C=O) groups excluding carboxylic acids is 2. The Morgan fingerprint density at radius 3 is 2.35 bits per heavy atom. The van der Waals surface area contributed by atoms with Crippen molar-refractivity contribution < 1.29 is 23.8 Å². The predicted octanol–water partition coefficient (Wildman–Crippen LogP) is 7.50. The molecule has 0 aromatic rings. The zero-order valence-corrected chi connectivity index (χ0v) is 30.0. The van der Waals surface area contributed by atoms with Gasteiger partial charge in [-0.3, -0.25) is 4.79 Å². The first kappa shape index (κ1) is 36.9. The van der Waals surface area contributed by atoms with Gasteiger partial charge in [0, 0.05) is 38.0 Å². The summed E-state index contributed by atoms with van der Waals surface area (Å²) in [7, 11) is 0. The maximum absolute atomic E-state index is 13.3. The van der Waals surface area contributed by atoms with E-state index in [9.17, 15) is 9.59 Å². The maximum Gasteiger partial charge on any atom is 0.317 e. The Labute approximate surface area is 290 Å². The number of hydrogen-bond acceptors (Lipinski definition) is 6. The summed E-state index contributed by atoms with van der Waals surface area (Å²) >= 11 is 0. The average molecular weight is 666 g/mol. The van der Waals surface area contributed by atoms with E-state index in [-0.39, 0.29) is 54.9 Å². The lowest BCUT2D eigenvalue weighted by Gasteiger charge is -2.40. The molecule has 0 saturated carbocycles. The Morgan fingerprint density at radius 2 is 1.58 bits per heavy atom. The molecular weight excluding hydrogens is 602 g/mol. The summed E-state index contributed by atoms with van der Waals surface area (Å²) in [4.78, 5) is 30.6. The number of esters is 1. The summed E-state index contributed by atoms with van der Waals surface area (Å²) in [5, 5.41) is 3.09. The van der Waals surface area contributed by atoms with Crippen LogP contribution in [0, 0.1) is 11.8 Å². The van der Waals surface area contributed by atoms with Crippen LogP contribution in [0.3, 0.4) is 0 Å². The van der Waals surface area contributed by atoms with Crippen LogP contribution in [0.1, 0.15) is 111 Å². The van der Waals surface area contributed by atoms with Crippen molar-refractivity contribution in [1.29, 1.82) is 0 Å². The fourth-order valence-corrected chi connectivity index (χ4v) is 8.27. The van der Waals surface area contributed by atoms with E-state index in [0.717, 1.165) is 70.9 Å². The van der Waals surface area contributed by atoms with Gasteiger partial charge in [-0.05, 0) is 103 Å². The van der Waals surface area contributed by atoms with E-state index >= 15 is 0 Å². The molecule has 0 radical (unpaired) electrons. The third-order valence-corrected chi connectivity index (χ3v) is 11.1. The van der Waals surface area contributed by atoms with E-state index in [4.69, 9.17) is 14.2 Å². The van der Waals surface area contributed by atoms with E-state index in [2.05, 4.69) is 55.3 Å². The van der Waals surface area contributed by atoms with Gasteiger partial charge < -0.3 is 29.3 Å². The molecule has 0 aromatic heterocycles. The van der Waals surface area contributed by atoms with Crippen LogP contribution < -0.4 is 5.32 Å². The maximum atomic E-state index is 13.3. The van der Waals surface area contributed by atoms with Crippen molar-refractivity contribution in [3.63, 3.8) is 0 Å². The number of cyclic esters (lactones) is 1. The number of likely N-dealkylation sites (tertiary alicyclic amines) is 2. The number of fused-ring (bicyclic) bond motifs is 4. The highest BCUT2D eigenvalue weighted by Crippen LogP contribution is 2.33. The molecule has 4 saturated heterocycles. The van der Waals surface area contributed by atoms with E-state index in [1.165, 1.54) is 44.3 Å². The van der Waals surface area contributed by atoms with Crippen LogP contribution in [0.5, 0.6) is 0 Å². The molecule has 0 aliphatic carbocycles. The van der Waals surface area contributed by atoms with Gasteiger partial charge in [-0.15, -0.1) is 0 Å². The first-order valence-electron chi connectivity index (χ1n) is 19.3. The lowest BCUT2D eigenvalue weighted by Crippen LogP contribution is -2.50. The minimum atomic E-state index is -0.373. The first-order valence-corrected chi connectivity index (χ1v) is 19.3. The van der Waals surface area contributed by atoms with Crippen molar-refractivity contribution in [3.05, 3.63) is 48.1 Å². The van der Waals surface area contributed by atoms with Gasteiger partial charge in [0.25, 0.3) is 0 Å². The van der Waals surface area contributed by atoms with Crippen molar-refractivity contribution in [1.82, 2.24) is 15.1 Å². The highest BCUT2D eigenvalue weighted by molar-refractivity contribution is 5.74. The molecule has 4 bridgehead atoms. The van der Waals surface area contributed by atoms with Crippen molar-refractivity contribution in [2.24, 2.45) is 11.8 Å². The molecule has 5 rings (SSSR count). The molecule has 7 unspecified atom stereocenters. The Kier molecular flexibility index (Phi) is 14.7. The molecule has 5 aliphatic heterocycles. The summed E-state index contributed by atoms with van der Waals surface area (Å²) in [6.07, 6.45) is 28.9. The molecule has 1 N–H and O–H groups in total. The molecule has 4 fully saturated rings. The second kappa shape index (κ2) is 19.1. The number of ether oxygens (including phenoxy) is 3. The molecule has 2 amide bonds. The molecule has 8 heteroatoms. The number of amides is 2. The SMILES string of the molecule is CC=C1CC2CC(=O)OC(C=CC=CCCNC(=O)N3CCC(N4CCCCC4)CC3)C(C)C=CC(C)CC3CCCC(CC(C1)O2)O3. The Morgan fingerprint density at radius 1 is 0.854 bits per heavy atom. The number of urea groups is 1. The number of rotatable bonds is 6. The second-order valence-corrected chi connectivity index (χ2v) is 15.0. The third-order valence-electron chi connectivity index (χ3n) is 11.1. The largest absolute Gasteiger partial charge is 0.457 e. The molecule has 8 nitrogen and oxygen atoms in total. The smallest absolute Gasteiger partial charge is 0.317 e. The summed E-state index contributed by atoms with van der Waals surface area (Å²) in [6.45, 7) is 11.2. The van der Waals surface area contributed by atoms with E-state index in [1.54, 1.807) is 0 Å². The molecule has 0 aromatic carbocycles.